The second-order valence-corrected chi connectivity index (χ2v) is 6.98. The number of hydrogen-bond acceptors (Lipinski definition) is 3. The molecule has 3 heteroatoms. The minimum atomic E-state index is -0.172. The quantitative estimate of drug-likeness (QED) is 0.851. The summed E-state index contributed by atoms with van der Waals surface area (Å²) in [5.74, 6) is 0.371. The summed E-state index contributed by atoms with van der Waals surface area (Å²) < 4.78 is 0. The third-order valence-corrected chi connectivity index (χ3v) is 5.29. The summed E-state index contributed by atoms with van der Waals surface area (Å²) in [6.07, 6.45) is 6.68. The topological polar surface area (TPSA) is 44.6 Å². The van der Waals surface area contributed by atoms with Crippen LogP contribution in [0, 0.1) is 0 Å². The molecule has 3 nitrogen and oxygen atoms in total. The third kappa shape index (κ3) is 2.96. The fourth-order valence-corrected chi connectivity index (χ4v) is 4.08. The van der Waals surface area contributed by atoms with Crippen molar-refractivity contribution in [2.45, 2.75) is 50.2 Å². The van der Waals surface area contributed by atoms with Crippen LogP contribution in [-0.4, -0.2) is 16.5 Å². The van der Waals surface area contributed by atoms with E-state index >= 15 is 0 Å². The molecule has 2 aromatic carbocycles. The molecule has 0 radical (unpaired) electrons. The highest BCUT2D eigenvalue weighted by atomic mass is 16.3. The van der Waals surface area contributed by atoms with Crippen molar-refractivity contribution >= 4 is 5.71 Å². The number of phenols is 1. The number of phenolic OH excluding ortho intramolecular Hbond substituents is 1. The Bertz CT molecular complexity index is 733. The van der Waals surface area contributed by atoms with Gasteiger partial charge in [-0.2, -0.15) is 0 Å². The van der Waals surface area contributed by atoms with Crippen molar-refractivity contribution in [3.8, 4) is 5.75 Å². The molecule has 0 aromatic heterocycles. The molecule has 4 rings (SSSR count). The first-order chi connectivity index (χ1) is 11.8. The molecule has 2 aromatic rings. The molecular formula is C21H24N2O. The highest BCUT2D eigenvalue weighted by molar-refractivity contribution is 6.01. The Labute approximate surface area is 143 Å². The van der Waals surface area contributed by atoms with Crippen LogP contribution < -0.4 is 5.32 Å². The van der Waals surface area contributed by atoms with Crippen molar-refractivity contribution in [1.82, 2.24) is 5.32 Å². The van der Waals surface area contributed by atoms with Gasteiger partial charge < -0.3 is 5.11 Å². The van der Waals surface area contributed by atoms with E-state index in [0.717, 1.165) is 30.5 Å². The Balaban J connectivity index is 1.74. The molecule has 1 saturated carbocycles. The van der Waals surface area contributed by atoms with Crippen LogP contribution >= 0.6 is 0 Å². The fraction of sp³-hybridized carbons (Fsp3) is 0.381. The van der Waals surface area contributed by atoms with Gasteiger partial charge in [0.05, 0.1) is 0 Å². The molecule has 1 atom stereocenters. The van der Waals surface area contributed by atoms with Crippen molar-refractivity contribution in [2.24, 2.45) is 4.99 Å². The van der Waals surface area contributed by atoms with Crippen molar-refractivity contribution in [3.05, 3.63) is 65.7 Å². The molecule has 2 aliphatic rings. The minimum Gasteiger partial charge on any atom is -0.508 e. The van der Waals surface area contributed by atoms with E-state index in [1.165, 1.54) is 24.8 Å². The lowest BCUT2D eigenvalue weighted by Gasteiger charge is -2.42. The monoisotopic (exact) mass is 320 g/mol. The van der Waals surface area contributed by atoms with E-state index in [2.05, 4.69) is 29.6 Å². The summed E-state index contributed by atoms with van der Waals surface area (Å²) in [7, 11) is 0. The second-order valence-electron chi connectivity index (χ2n) is 6.98. The van der Waals surface area contributed by atoms with Gasteiger partial charge in [0.15, 0.2) is 0 Å². The third-order valence-electron chi connectivity index (χ3n) is 5.29. The summed E-state index contributed by atoms with van der Waals surface area (Å²) in [5.41, 5.74) is 3.16. The maximum Gasteiger partial charge on any atom is 0.120 e. The van der Waals surface area contributed by atoms with E-state index in [4.69, 9.17) is 4.99 Å². The van der Waals surface area contributed by atoms with Crippen LogP contribution in [0.3, 0.4) is 0 Å². The first kappa shape index (κ1) is 15.4. The number of aromatic hydroxyl groups is 1. The molecule has 0 amide bonds. The van der Waals surface area contributed by atoms with Gasteiger partial charge in [0, 0.05) is 23.7 Å². The normalized spacial score (nSPS) is 23.0. The van der Waals surface area contributed by atoms with Crippen molar-refractivity contribution in [2.75, 3.05) is 0 Å². The molecule has 124 valence electrons. The van der Waals surface area contributed by atoms with Crippen LogP contribution in [-0.2, 0) is 0 Å². The molecule has 1 spiro atoms. The van der Waals surface area contributed by atoms with Gasteiger partial charge >= 0.3 is 0 Å². The second kappa shape index (κ2) is 6.40. The van der Waals surface area contributed by atoms with Crippen LogP contribution in [0.15, 0.2) is 59.6 Å². The van der Waals surface area contributed by atoms with Crippen molar-refractivity contribution in [3.63, 3.8) is 0 Å². The SMILES string of the molecule is Oc1ccccc1[C@@H]1CC(c2ccccc2)=NC2(CCCCC2)N1. The van der Waals surface area contributed by atoms with E-state index in [0.29, 0.717) is 5.75 Å². The molecule has 1 aliphatic carbocycles. The van der Waals surface area contributed by atoms with Gasteiger partial charge in [0.25, 0.3) is 0 Å². The zero-order chi connectivity index (χ0) is 16.4. The van der Waals surface area contributed by atoms with E-state index in [-0.39, 0.29) is 11.7 Å². The van der Waals surface area contributed by atoms with Crippen LogP contribution in [0.5, 0.6) is 5.75 Å². The maximum atomic E-state index is 10.3. The fourth-order valence-electron chi connectivity index (χ4n) is 4.08. The van der Waals surface area contributed by atoms with Gasteiger partial charge in [-0.25, -0.2) is 0 Å². The number of rotatable bonds is 2. The van der Waals surface area contributed by atoms with Crippen molar-refractivity contribution < 1.29 is 5.11 Å². The summed E-state index contributed by atoms with van der Waals surface area (Å²) in [5, 5.41) is 14.1. The summed E-state index contributed by atoms with van der Waals surface area (Å²) >= 11 is 0. The van der Waals surface area contributed by atoms with Gasteiger partial charge in [-0.05, 0) is 37.3 Å². The first-order valence-corrected chi connectivity index (χ1v) is 8.96. The molecule has 0 saturated heterocycles. The van der Waals surface area contributed by atoms with Crippen molar-refractivity contribution in [1.29, 1.82) is 0 Å². The molecule has 1 heterocycles. The molecule has 1 aliphatic heterocycles. The van der Waals surface area contributed by atoms with Gasteiger partial charge in [0.2, 0.25) is 0 Å². The maximum absolute atomic E-state index is 10.3. The van der Waals surface area contributed by atoms with E-state index in [1.807, 2.05) is 24.3 Å². The Morgan fingerprint density at radius 2 is 1.62 bits per heavy atom. The average molecular weight is 320 g/mol. The number of benzene rings is 2. The molecule has 0 unspecified atom stereocenters. The van der Waals surface area contributed by atoms with Gasteiger partial charge in [-0.1, -0.05) is 55.0 Å². The Kier molecular flexibility index (Phi) is 4.11. The van der Waals surface area contributed by atoms with Crippen LogP contribution in [0.1, 0.15) is 55.7 Å². The van der Waals surface area contributed by atoms with E-state index < -0.39 is 0 Å². The molecule has 0 bridgehead atoms. The van der Waals surface area contributed by atoms with Gasteiger partial charge in [-0.3, -0.25) is 10.3 Å². The zero-order valence-corrected chi connectivity index (χ0v) is 13.9. The predicted molar refractivity (Wildman–Crippen MR) is 97.4 cm³/mol. The molecule has 1 fully saturated rings. The number of nitrogens with zero attached hydrogens (tertiary/aromatic N) is 1. The molecule has 2 N–H and O–H groups in total. The van der Waals surface area contributed by atoms with E-state index in [9.17, 15) is 5.11 Å². The number of para-hydroxylation sites is 1. The standard InChI is InChI=1S/C21H24N2O/c24-20-12-6-5-11-17(20)19-15-18(16-9-3-1-4-10-16)22-21(23-19)13-7-2-8-14-21/h1,3-6,9-12,19,23-24H,2,7-8,13-15H2/t19-/m0/s1. The lowest BCUT2D eigenvalue weighted by Crippen LogP contribution is -2.51. The highest BCUT2D eigenvalue weighted by Crippen LogP contribution is 2.39. The lowest BCUT2D eigenvalue weighted by atomic mass is 9.84. The Hall–Kier alpha value is -2.13. The highest BCUT2D eigenvalue weighted by Gasteiger charge is 2.38. The minimum absolute atomic E-state index is 0.108. The van der Waals surface area contributed by atoms with Crippen LogP contribution in [0.25, 0.3) is 0 Å². The summed E-state index contributed by atoms with van der Waals surface area (Å²) in [6.45, 7) is 0. The number of nitrogens with one attached hydrogen (secondary N) is 1. The van der Waals surface area contributed by atoms with Gasteiger partial charge in [-0.15, -0.1) is 0 Å². The first-order valence-electron chi connectivity index (χ1n) is 8.96. The number of hydrogen-bond donors (Lipinski definition) is 2. The number of aliphatic imine (C=N–C) groups is 1. The largest absolute Gasteiger partial charge is 0.508 e. The Morgan fingerprint density at radius 3 is 2.38 bits per heavy atom. The molecule has 24 heavy (non-hydrogen) atoms. The smallest absolute Gasteiger partial charge is 0.120 e. The summed E-state index contributed by atoms with van der Waals surface area (Å²) in [6, 6.07) is 18.3. The van der Waals surface area contributed by atoms with E-state index in [1.54, 1.807) is 6.07 Å². The summed E-state index contributed by atoms with van der Waals surface area (Å²) in [4.78, 5) is 5.17. The Morgan fingerprint density at radius 1 is 0.917 bits per heavy atom. The predicted octanol–water partition coefficient (Wildman–Crippen LogP) is 4.58. The molecular weight excluding hydrogens is 296 g/mol. The van der Waals surface area contributed by atoms with Crippen LogP contribution in [0.2, 0.25) is 0 Å². The van der Waals surface area contributed by atoms with Gasteiger partial charge in [0.1, 0.15) is 11.4 Å². The van der Waals surface area contributed by atoms with Crippen LogP contribution in [0.4, 0.5) is 0 Å². The average Bonchev–Trinajstić information content (AvgIpc) is 2.63. The lowest BCUT2D eigenvalue weighted by molar-refractivity contribution is 0.206. The zero-order valence-electron chi connectivity index (χ0n) is 13.9.